The van der Waals surface area contributed by atoms with Gasteiger partial charge < -0.3 is 19.9 Å². The summed E-state index contributed by atoms with van der Waals surface area (Å²) < 4.78 is 82.9. The van der Waals surface area contributed by atoms with Crippen LogP contribution in [0.15, 0.2) is 53.6 Å². The Hall–Kier alpha value is -4.12. The normalized spacial score (nSPS) is 11.9. The second kappa shape index (κ2) is 15.0. The lowest BCUT2D eigenvalue weighted by Crippen LogP contribution is -2.17. The largest absolute Gasteiger partial charge is 0.481 e. The van der Waals surface area contributed by atoms with Crippen molar-refractivity contribution in [1.29, 1.82) is 0 Å². The summed E-state index contributed by atoms with van der Waals surface area (Å²) in [5.41, 5.74) is -0.385. The van der Waals surface area contributed by atoms with Gasteiger partial charge in [-0.05, 0) is 30.3 Å². The van der Waals surface area contributed by atoms with Crippen molar-refractivity contribution in [2.45, 2.75) is 37.5 Å². The number of nitrogens with zero attached hydrogens (tertiary/aromatic N) is 3. The van der Waals surface area contributed by atoms with E-state index >= 15 is 4.39 Å². The second-order valence-electron chi connectivity index (χ2n) is 10.8. The highest BCUT2D eigenvalue weighted by Crippen LogP contribution is 2.42. The Morgan fingerprint density at radius 3 is 2.30 bits per heavy atom. The van der Waals surface area contributed by atoms with Crippen LogP contribution in [0.2, 0.25) is 0 Å². The van der Waals surface area contributed by atoms with E-state index < -0.39 is 49.4 Å². The summed E-state index contributed by atoms with van der Waals surface area (Å²) in [6, 6.07) is 8.20. The van der Waals surface area contributed by atoms with Gasteiger partial charge in [0.15, 0.2) is 10.7 Å². The van der Waals surface area contributed by atoms with Crippen LogP contribution < -0.4 is 10.0 Å². The standard InChI is InChI=1S/C30H32F3N5O6S2/c1-30(2,3)28-37-25(18-6-4-9-21(24(18)33)38-46(41,42)27-19(31)7-5-8-20(27)32)26(45-28)22-10-12-34-29(36-22)35-13-15-44-17-16-43-14-11-23(39)40/h4-10,12,38H,11,13-17H2,1-3H3,(H,39,40)(H,34,35,36). The lowest BCUT2D eigenvalue weighted by atomic mass is 9.98. The van der Waals surface area contributed by atoms with Gasteiger partial charge >= 0.3 is 5.97 Å². The van der Waals surface area contributed by atoms with Crippen LogP contribution in [0.1, 0.15) is 32.2 Å². The van der Waals surface area contributed by atoms with Crippen molar-refractivity contribution in [2.24, 2.45) is 0 Å². The molecule has 46 heavy (non-hydrogen) atoms. The maximum Gasteiger partial charge on any atom is 0.305 e. The van der Waals surface area contributed by atoms with Gasteiger partial charge in [0, 0.05) is 23.7 Å². The van der Waals surface area contributed by atoms with E-state index in [4.69, 9.17) is 19.6 Å². The van der Waals surface area contributed by atoms with Crippen LogP contribution in [0.5, 0.6) is 0 Å². The fraction of sp³-hybridized carbons (Fsp3) is 0.333. The number of halogens is 3. The first-order valence-electron chi connectivity index (χ1n) is 14.0. The second-order valence-corrected chi connectivity index (χ2v) is 13.4. The smallest absolute Gasteiger partial charge is 0.305 e. The summed E-state index contributed by atoms with van der Waals surface area (Å²) in [6.07, 6.45) is 1.44. The molecule has 0 amide bonds. The van der Waals surface area contributed by atoms with Crippen molar-refractivity contribution in [1.82, 2.24) is 15.0 Å². The van der Waals surface area contributed by atoms with Gasteiger partial charge in [-0.15, -0.1) is 11.3 Å². The first-order chi connectivity index (χ1) is 21.8. The quantitative estimate of drug-likeness (QED) is 0.133. The van der Waals surface area contributed by atoms with Crippen LogP contribution >= 0.6 is 11.3 Å². The minimum Gasteiger partial charge on any atom is -0.481 e. The van der Waals surface area contributed by atoms with Gasteiger partial charge in [-0.1, -0.05) is 32.9 Å². The molecule has 2 aromatic heterocycles. The molecule has 0 aliphatic heterocycles. The van der Waals surface area contributed by atoms with Crippen molar-refractivity contribution in [2.75, 3.05) is 43.0 Å². The zero-order valence-corrected chi connectivity index (χ0v) is 26.8. The Balaban J connectivity index is 1.57. The van der Waals surface area contributed by atoms with Crippen LogP contribution in [0, 0.1) is 17.5 Å². The third-order valence-corrected chi connectivity index (χ3v) is 9.12. The van der Waals surface area contributed by atoms with Crippen molar-refractivity contribution >= 4 is 39.0 Å². The SMILES string of the molecule is CC(C)(C)c1nc(-c2cccc(NS(=O)(=O)c3c(F)cccc3F)c2F)c(-c2ccnc(NCCOCCOCCC(=O)O)n2)s1. The van der Waals surface area contributed by atoms with Gasteiger partial charge in [-0.3, -0.25) is 9.52 Å². The number of anilines is 2. The Bertz CT molecular complexity index is 1780. The molecule has 0 aliphatic rings. The molecule has 0 unspecified atom stereocenters. The predicted molar refractivity (Wildman–Crippen MR) is 167 cm³/mol. The van der Waals surface area contributed by atoms with Gasteiger partial charge in [-0.25, -0.2) is 36.5 Å². The van der Waals surface area contributed by atoms with Crippen LogP contribution in [-0.2, 0) is 29.7 Å². The molecule has 4 rings (SSSR count). The predicted octanol–water partition coefficient (Wildman–Crippen LogP) is 5.70. The van der Waals surface area contributed by atoms with Gasteiger partial charge in [-0.2, -0.15) is 0 Å². The molecular weight excluding hydrogens is 647 g/mol. The summed E-state index contributed by atoms with van der Waals surface area (Å²) >= 11 is 1.29. The lowest BCUT2D eigenvalue weighted by molar-refractivity contribution is -0.138. The minimum absolute atomic E-state index is 0.0527. The van der Waals surface area contributed by atoms with Crippen LogP contribution in [0.3, 0.4) is 0 Å². The molecule has 2 aromatic carbocycles. The van der Waals surface area contributed by atoms with E-state index in [2.05, 4.69) is 15.3 Å². The number of carbonyl (C=O) groups is 1. The van der Waals surface area contributed by atoms with Crippen molar-refractivity contribution in [3.8, 4) is 21.8 Å². The van der Waals surface area contributed by atoms with Crippen LogP contribution in [-0.4, -0.2) is 67.4 Å². The number of sulfonamides is 1. The first kappa shape index (κ1) is 34.7. The molecule has 0 saturated carbocycles. The Morgan fingerprint density at radius 1 is 0.957 bits per heavy atom. The van der Waals surface area contributed by atoms with Gasteiger partial charge in [0.1, 0.15) is 11.6 Å². The number of ether oxygens (including phenoxy) is 2. The maximum atomic E-state index is 16.0. The average Bonchev–Trinajstić information content (AvgIpc) is 3.43. The lowest BCUT2D eigenvalue weighted by Gasteiger charge is -2.14. The molecule has 0 saturated heterocycles. The number of carboxylic acids is 1. The molecule has 11 nitrogen and oxygen atoms in total. The number of hydrogen-bond acceptors (Lipinski definition) is 10. The van der Waals surface area contributed by atoms with Crippen molar-refractivity contribution < 1.29 is 41.0 Å². The van der Waals surface area contributed by atoms with E-state index in [-0.39, 0.29) is 43.4 Å². The number of benzene rings is 2. The monoisotopic (exact) mass is 679 g/mol. The fourth-order valence-electron chi connectivity index (χ4n) is 4.01. The number of carboxylic acid groups (broad SMARTS) is 1. The number of thiazole rings is 1. The van der Waals surface area contributed by atoms with Crippen molar-refractivity contribution in [3.05, 3.63) is 71.1 Å². The molecule has 3 N–H and O–H groups in total. The maximum absolute atomic E-state index is 16.0. The van der Waals surface area contributed by atoms with E-state index in [0.717, 1.165) is 24.3 Å². The summed E-state index contributed by atoms with van der Waals surface area (Å²) in [4.78, 5) is 23.3. The first-order valence-corrected chi connectivity index (χ1v) is 16.3. The number of aliphatic carboxylic acids is 1. The van der Waals surface area contributed by atoms with E-state index in [1.165, 1.54) is 29.7 Å². The zero-order chi connectivity index (χ0) is 33.5. The van der Waals surface area contributed by atoms with E-state index in [9.17, 15) is 22.0 Å². The molecule has 2 heterocycles. The topological polar surface area (TPSA) is 153 Å². The molecule has 246 valence electrons. The molecular formula is C30H32F3N5O6S2. The summed E-state index contributed by atoms with van der Waals surface area (Å²) in [7, 11) is -4.83. The molecule has 0 aliphatic carbocycles. The Morgan fingerprint density at radius 2 is 1.63 bits per heavy atom. The van der Waals surface area contributed by atoms with Crippen molar-refractivity contribution in [3.63, 3.8) is 0 Å². The average molecular weight is 680 g/mol. The van der Waals surface area contributed by atoms with E-state index in [1.54, 1.807) is 6.07 Å². The summed E-state index contributed by atoms with van der Waals surface area (Å²) in [5.74, 6) is -4.30. The molecule has 0 atom stereocenters. The van der Waals surface area contributed by atoms with E-state index in [1.807, 2.05) is 25.5 Å². The third kappa shape index (κ3) is 8.78. The number of nitrogens with one attached hydrogen (secondary N) is 2. The molecule has 0 bridgehead atoms. The van der Waals surface area contributed by atoms with Gasteiger partial charge in [0.05, 0.1) is 59.8 Å². The Kier molecular flexibility index (Phi) is 11.3. The Labute approximate surface area is 267 Å². The molecule has 4 aromatic rings. The highest BCUT2D eigenvalue weighted by Gasteiger charge is 2.28. The molecule has 0 spiro atoms. The summed E-state index contributed by atoms with van der Waals surface area (Å²) in [5, 5.41) is 12.3. The van der Waals surface area contributed by atoms with Gasteiger partial charge in [0.25, 0.3) is 10.0 Å². The summed E-state index contributed by atoms with van der Waals surface area (Å²) in [6.45, 7) is 7.09. The number of aromatic nitrogens is 3. The zero-order valence-electron chi connectivity index (χ0n) is 25.1. The molecule has 0 radical (unpaired) electrons. The third-order valence-electron chi connectivity index (χ3n) is 6.20. The molecule has 16 heteroatoms. The van der Waals surface area contributed by atoms with E-state index in [0.29, 0.717) is 28.7 Å². The minimum atomic E-state index is -4.83. The highest BCUT2D eigenvalue weighted by atomic mass is 32.2. The molecule has 0 fully saturated rings. The van der Waals surface area contributed by atoms with Gasteiger partial charge in [0.2, 0.25) is 5.95 Å². The highest BCUT2D eigenvalue weighted by molar-refractivity contribution is 7.92. The number of hydrogen-bond donors (Lipinski definition) is 3. The van der Waals surface area contributed by atoms with Crippen LogP contribution in [0.4, 0.5) is 24.8 Å². The van der Waals surface area contributed by atoms with Crippen LogP contribution in [0.25, 0.3) is 21.8 Å². The fourth-order valence-corrected chi connectivity index (χ4v) is 6.32. The number of rotatable bonds is 15.